The van der Waals surface area contributed by atoms with Gasteiger partial charge in [0.2, 0.25) is 0 Å². The van der Waals surface area contributed by atoms with Gasteiger partial charge in [-0.1, -0.05) is 30.3 Å². The molecule has 0 saturated carbocycles. The number of hydrogen-bond donors (Lipinski definition) is 4. The molecule has 1 radical (unpaired) electrons. The molecule has 13 heavy (non-hydrogen) atoms. The molecule has 6 N–H and O–H groups in total. The van der Waals surface area contributed by atoms with Crippen molar-refractivity contribution in [2.45, 2.75) is 0 Å². The average Bonchev–Trinajstić information content (AvgIpc) is 2.04. The van der Waals surface area contributed by atoms with E-state index in [1.54, 1.807) is 24.3 Å². The third-order valence-corrected chi connectivity index (χ3v) is 1.60. The molecule has 0 heterocycles. The van der Waals surface area contributed by atoms with Gasteiger partial charge in [-0.3, -0.25) is 10.8 Å². The van der Waals surface area contributed by atoms with Crippen LogP contribution in [0, 0.1) is 16.7 Å². The molecule has 0 amide bonds. The van der Waals surface area contributed by atoms with Gasteiger partial charge in [0.1, 0.15) is 17.6 Å². The van der Waals surface area contributed by atoms with Crippen LogP contribution in [0.3, 0.4) is 0 Å². The molecular formula is C9H11N4. The number of rotatable bonds is 3. The van der Waals surface area contributed by atoms with E-state index in [1.807, 2.05) is 6.07 Å². The zero-order valence-electron chi connectivity index (χ0n) is 7.04. The minimum absolute atomic E-state index is 0.182. The van der Waals surface area contributed by atoms with Crippen molar-refractivity contribution in [2.24, 2.45) is 11.5 Å². The number of nitrogens with two attached hydrogens (primary N) is 2. The van der Waals surface area contributed by atoms with Crippen molar-refractivity contribution >= 4 is 11.7 Å². The van der Waals surface area contributed by atoms with Crippen LogP contribution in [0.2, 0.25) is 0 Å². The van der Waals surface area contributed by atoms with Crippen molar-refractivity contribution in [3.05, 3.63) is 41.8 Å². The summed E-state index contributed by atoms with van der Waals surface area (Å²) in [5.74, 6) is -0.0852. The van der Waals surface area contributed by atoms with E-state index in [9.17, 15) is 0 Å². The van der Waals surface area contributed by atoms with Gasteiger partial charge >= 0.3 is 0 Å². The van der Waals surface area contributed by atoms with Gasteiger partial charge < -0.3 is 11.5 Å². The highest BCUT2D eigenvalue weighted by molar-refractivity contribution is 6.19. The van der Waals surface area contributed by atoms with Crippen LogP contribution in [-0.2, 0) is 0 Å². The summed E-state index contributed by atoms with van der Waals surface area (Å²) >= 11 is 0. The Morgan fingerprint density at radius 1 is 0.923 bits per heavy atom. The number of amidine groups is 2. The van der Waals surface area contributed by atoms with Gasteiger partial charge in [-0.05, 0) is 5.56 Å². The summed E-state index contributed by atoms with van der Waals surface area (Å²) in [6, 6.07) is 8.99. The molecule has 0 aliphatic rings. The first-order chi connectivity index (χ1) is 6.13. The summed E-state index contributed by atoms with van der Waals surface area (Å²) in [6.07, 6.45) is 0. The van der Waals surface area contributed by atoms with Gasteiger partial charge in [-0.15, -0.1) is 0 Å². The summed E-state index contributed by atoms with van der Waals surface area (Å²) in [4.78, 5) is 0. The van der Waals surface area contributed by atoms with Crippen LogP contribution in [0.15, 0.2) is 30.3 Å². The smallest absolute Gasteiger partial charge is 0.132 e. The first-order valence-electron chi connectivity index (χ1n) is 3.74. The molecule has 4 heteroatoms. The summed E-state index contributed by atoms with van der Waals surface area (Å²) in [5.41, 5.74) is 11.3. The Morgan fingerprint density at radius 3 is 1.77 bits per heavy atom. The lowest BCUT2D eigenvalue weighted by molar-refractivity contribution is 1.29. The molecule has 0 aliphatic carbocycles. The maximum Gasteiger partial charge on any atom is 0.132 e. The summed E-state index contributed by atoms with van der Waals surface area (Å²) < 4.78 is 0. The topological polar surface area (TPSA) is 99.7 Å². The molecule has 4 nitrogen and oxygen atoms in total. The number of hydrogen-bond acceptors (Lipinski definition) is 2. The second kappa shape index (κ2) is 3.71. The Kier molecular flexibility index (Phi) is 2.64. The van der Waals surface area contributed by atoms with Crippen LogP contribution in [-0.4, -0.2) is 11.7 Å². The van der Waals surface area contributed by atoms with Gasteiger partial charge in [-0.25, -0.2) is 0 Å². The lowest BCUT2D eigenvalue weighted by Crippen LogP contribution is -2.32. The highest BCUT2D eigenvalue weighted by atomic mass is 14.8. The monoisotopic (exact) mass is 175 g/mol. The molecule has 0 spiro atoms. The van der Waals surface area contributed by atoms with Gasteiger partial charge in [0.15, 0.2) is 0 Å². The maximum atomic E-state index is 7.24. The lowest BCUT2D eigenvalue weighted by atomic mass is 9.97. The standard InChI is InChI=1S/C9H11N4/c10-8(11)7(9(12)13)6-4-2-1-3-5-6/h1-5H,(H3,10,11)(H3,12,13). The second-order valence-corrected chi connectivity index (χ2v) is 2.57. The SMILES string of the molecule is N=C(N)[C](C(=N)N)c1ccccc1. The van der Waals surface area contributed by atoms with Crippen molar-refractivity contribution in [1.82, 2.24) is 0 Å². The molecule has 0 fully saturated rings. The largest absolute Gasteiger partial charge is 0.386 e. The fraction of sp³-hybridized carbons (Fsp3) is 0. The Hall–Kier alpha value is -1.84. The number of nitrogens with one attached hydrogen (secondary N) is 2. The van der Waals surface area contributed by atoms with Gasteiger partial charge in [0.25, 0.3) is 0 Å². The number of benzene rings is 1. The van der Waals surface area contributed by atoms with E-state index in [0.29, 0.717) is 5.56 Å². The van der Waals surface area contributed by atoms with E-state index in [4.69, 9.17) is 22.3 Å². The van der Waals surface area contributed by atoms with Gasteiger partial charge in [-0.2, -0.15) is 0 Å². The second-order valence-electron chi connectivity index (χ2n) is 2.57. The minimum Gasteiger partial charge on any atom is -0.386 e. The zero-order valence-corrected chi connectivity index (χ0v) is 7.04. The van der Waals surface area contributed by atoms with Gasteiger partial charge in [0, 0.05) is 0 Å². The normalized spacial score (nSPS) is 9.92. The van der Waals surface area contributed by atoms with Crippen molar-refractivity contribution in [3.63, 3.8) is 0 Å². The Morgan fingerprint density at radius 2 is 1.38 bits per heavy atom. The van der Waals surface area contributed by atoms with E-state index >= 15 is 0 Å². The van der Waals surface area contributed by atoms with E-state index in [0.717, 1.165) is 0 Å². The summed E-state index contributed by atoms with van der Waals surface area (Å²) in [5, 5.41) is 14.5. The molecule has 0 atom stereocenters. The van der Waals surface area contributed by atoms with Crippen LogP contribution >= 0.6 is 0 Å². The highest BCUT2D eigenvalue weighted by Crippen LogP contribution is 2.13. The summed E-state index contributed by atoms with van der Waals surface area (Å²) in [6.45, 7) is 0. The molecule has 0 saturated heterocycles. The van der Waals surface area contributed by atoms with Crippen LogP contribution in [0.25, 0.3) is 0 Å². The predicted octanol–water partition coefficient (Wildman–Crippen LogP) is 0.481. The third kappa shape index (κ3) is 2.05. The molecule has 0 unspecified atom stereocenters. The van der Waals surface area contributed by atoms with Crippen LogP contribution in [0.1, 0.15) is 5.56 Å². The molecule has 1 rings (SSSR count). The Balaban J connectivity index is 3.03. The molecular weight excluding hydrogens is 164 g/mol. The molecule has 0 aliphatic heterocycles. The van der Waals surface area contributed by atoms with Crippen molar-refractivity contribution < 1.29 is 0 Å². The van der Waals surface area contributed by atoms with E-state index in [2.05, 4.69) is 0 Å². The van der Waals surface area contributed by atoms with Gasteiger partial charge in [0.05, 0.1) is 0 Å². The molecule has 67 valence electrons. The Labute approximate surface area is 76.6 Å². The molecule has 1 aromatic rings. The average molecular weight is 175 g/mol. The zero-order chi connectivity index (χ0) is 9.84. The van der Waals surface area contributed by atoms with E-state index < -0.39 is 0 Å². The fourth-order valence-corrected chi connectivity index (χ4v) is 1.06. The fourth-order valence-electron chi connectivity index (χ4n) is 1.06. The highest BCUT2D eigenvalue weighted by Gasteiger charge is 2.18. The minimum atomic E-state index is -0.182. The lowest BCUT2D eigenvalue weighted by Gasteiger charge is -2.12. The first-order valence-corrected chi connectivity index (χ1v) is 3.74. The summed E-state index contributed by atoms with van der Waals surface area (Å²) in [7, 11) is 0. The Bertz CT molecular complexity index is 304. The predicted molar refractivity (Wildman–Crippen MR) is 52.6 cm³/mol. The third-order valence-electron chi connectivity index (χ3n) is 1.60. The quantitative estimate of drug-likeness (QED) is 0.397. The first kappa shape index (κ1) is 9.25. The van der Waals surface area contributed by atoms with Crippen LogP contribution < -0.4 is 11.5 Å². The van der Waals surface area contributed by atoms with E-state index in [1.165, 1.54) is 0 Å². The van der Waals surface area contributed by atoms with Crippen molar-refractivity contribution in [2.75, 3.05) is 0 Å². The van der Waals surface area contributed by atoms with Crippen molar-refractivity contribution in [1.29, 1.82) is 10.8 Å². The molecule has 1 aromatic carbocycles. The maximum absolute atomic E-state index is 7.24. The molecule has 0 bridgehead atoms. The van der Waals surface area contributed by atoms with E-state index in [-0.39, 0.29) is 17.6 Å². The van der Waals surface area contributed by atoms with Crippen molar-refractivity contribution in [3.8, 4) is 0 Å². The molecule has 0 aromatic heterocycles. The van der Waals surface area contributed by atoms with Crippen LogP contribution in [0.5, 0.6) is 0 Å². The van der Waals surface area contributed by atoms with Crippen LogP contribution in [0.4, 0.5) is 0 Å².